The third kappa shape index (κ3) is 2.90. The summed E-state index contributed by atoms with van der Waals surface area (Å²) in [7, 11) is 1.93. The summed E-state index contributed by atoms with van der Waals surface area (Å²) in [6.07, 6.45) is 0. The predicted molar refractivity (Wildman–Crippen MR) is 56.0 cm³/mol. The smallest absolute Gasteiger partial charge is 0.0926 e. The lowest BCUT2D eigenvalue weighted by Gasteiger charge is -2.17. The van der Waals surface area contributed by atoms with E-state index < -0.39 is 0 Å². The first-order valence-electron chi connectivity index (χ1n) is 4.41. The summed E-state index contributed by atoms with van der Waals surface area (Å²) in [6.45, 7) is 4.69. The van der Waals surface area contributed by atoms with Gasteiger partial charge in [0.05, 0.1) is 5.84 Å². The zero-order chi connectivity index (χ0) is 9.84. The lowest BCUT2D eigenvalue weighted by atomic mass is 10.1. The summed E-state index contributed by atoms with van der Waals surface area (Å²) < 4.78 is 0. The molecule has 0 saturated heterocycles. The minimum atomic E-state index is 0.598. The summed E-state index contributed by atoms with van der Waals surface area (Å²) in [4.78, 5) is 1.92. The number of benzene rings is 1. The minimum Gasteiger partial charge on any atom is -0.360 e. The molecule has 2 nitrogen and oxygen atoms in total. The van der Waals surface area contributed by atoms with E-state index >= 15 is 0 Å². The van der Waals surface area contributed by atoms with Crippen molar-refractivity contribution in [1.29, 1.82) is 5.41 Å². The van der Waals surface area contributed by atoms with Gasteiger partial charge in [-0.2, -0.15) is 0 Å². The van der Waals surface area contributed by atoms with Gasteiger partial charge in [-0.25, -0.2) is 0 Å². The molecule has 0 aromatic heterocycles. The van der Waals surface area contributed by atoms with E-state index in [1.54, 1.807) is 6.92 Å². The molecule has 1 rings (SSSR count). The maximum Gasteiger partial charge on any atom is 0.0926 e. The molecule has 0 aliphatic rings. The topological polar surface area (TPSA) is 27.1 Å². The molecular formula is C11H16N2. The molecule has 2 heteroatoms. The number of nitrogens with one attached hydrogen (secondary N) is 1. The maximum absolute atomic E-state index is 7.42. The Morgan fingerprint density at radius 3 is 2.31 bits per heavy atom. The van der Waals surface area contributed by atoms with Gasteiger partial charge in [0.2, 0.25) is 0 Å². The molecule has 0 unspecified atom stereocenters. The second-order valence-electron chi connectivity index (χ2n) is 3.43. The van der Waals surface area contributed by atoms with Crippen LogP contribution in [0.4, 0.5) is 0 Å². The first-order valence-corrected chi connectivity index (χ1v) is 4.41. The second-order valence-corrected chi connectivity index (χ2v) is 3.43. The number of rotatable bonds is 2. The average molecular weight is 176 g/mol. The van der Waals surface area contributed by atoms with Crippen molar-refractivity contribution < 1.29 is 0 Å². The summed E-state index contributed by atoms with van der Waals surface area (Å²) in [5.74, 6) is 0.598. The fraction of sp³-hybridized carbons (Fsp3) is 0.364. The van der Waals surface area contributed by atoms with Crippen LogP contribution in [0.1, 0.15) is 18.1 Å². The van der Waals surface area contributed by atoms with Crippen molar-refractivity contribution in [2.24, 2.45) is 0 Å². The van der Waals surface area contributed by atoms with E-state index in [9.17, 15) is 0 Å². The highest BCUT2D eigenvalue weighted by Crippen LogP contribution is 2.05. The van der Waals surface area contributed by atoms with Gasteiger partial charge in [0, 0.05) is 13.6 Å². The lowest BCUT2D eigenvalue weighted by molar-refractivity contribution is 0.494. The normalized spacial score (nSPS) is 9.77. The summed E-state index contributed by atoms with van der Waals surface area (Å²) in [5.41, 5.74) is 2.53. The van der Waals surface area contributed by atoms with Crippen LogP contribution in [0.25, 0.3) is 0 Å². The standard InChI is InChI=1S/C11H16N2/c1-9-4-6-11(7-5-9)8-13(3)10(2)12/h4-7,12H,8H2,1-3H3. The van der Waals surface area contributed by atoms with Crippen molar-refractivity contribution in [3.8, 4) is 0 Å². The highest BCUT2D eigenvalue weighted by atomic mass is 15.1. The van der Waals surface area contributed by atoms with Gasteiger partial charge in [0.25, 0.3) is 0 Å². The number of aryl methyl sites for hydroxylation is 1. The molecule has 0 saturated carbocycles. The molecule has 1 aromatic rings. The Morgan fingerprint density at radius 2 is 1.85 bits per heavy atom. The molecule has 0 radical (unpaired) electrons. The molecule has 0 atom stereocenters. The van der Waals surface area contributed by atoms with Crippen molar-refractivity contribution in [2.75, 3.05) is 7.05 Å². The Hall–Kier alpha value is -1.31. The van der Waals surface area contributed by atoms with Crippen molar-refractivity contribution in [3.05, 3.63) is 35.4 Å². The SMILES string of the molecule is CC(=N)N(C)Cc1ccc(C)cc1. The van der Waals surface area contributed by atoms with Gasteiger partial charge >= 0.3 is 0 Å². The highest BCUT2D eigenvalue weighted by Gasteiger charge is 1.99. The Balaban J connectivity index is 2.64. The van der Waals surface area contributed by atoms with Crippen molar-refractivity contribution >= 4 is 5.84 Å². The first kappa shape index (κ1) is 9.78. The van der Waals surface area contributed by atoms with Gasteiger partial charge in [-0.05, 0) is 19.4 Å². The Morgan fingerprint density at radius 1 is 1.31 bits per heavy atom. The van der Waals surface area contributed by atoms with Gasteiger partial charge in [0.15, 0.2) is 0 Å². The largest absolute Gasteiger partial charge is 0.360 e. The fourth-order valence-corrected chi connectivity index (χ4v) is 1.09. The third-order valence-corrected chi connectivity index (χ3v) is 2.11. The summed E-state index contributed by atoms with van der Waals surface area (Å²) in [6, 6.07) is 8.41. The summed E-state index contributed by atoms with van der Waals surface area (Å²) >= 11 is 0. The second kappa shape index (κ2) is 4.08. The van der Waals surface area contributed by atoms with Crippen molar-refractivity contribution in [2.45, 2.75) is 20.4 Å². The Kier molecular flexibility index (Phi) is 3.07. The first-order chi connectivity index (χ1) is 6.09. The molecule has 0 aliphatic heterocycles. The van der Waals surface area contributed by atoms with Gasteiger partial charge in [0.1, 0.15) is 0 Å². The quantitative estimate of drug-likeness (QED) is 0.543. The number of hydrogen-bond donors (Lipinski definition) is 1. The van der Waals surface area contributed by atoms with Gasteiger partial charge in [-0.15, -0.1) is 0 Å². The van der Waals surface area contributed by atoms with Gasteiger partial charge < -0.3 is 4.90 Å². The molecule has 0 fully saturated rings. The van der Waals surface area contributed by atoms with E-state index in [2.05, 4.69) is 31.2 Å². The molecule has 13 heavy (non-hydrogen) atoms. The van der Waals surface area contributed by atoms with E-state index in [1.807, 2.05) is 11.9 Å². The molecule has 1 N–H and O–H groups in total. The number of nitrogens with zero attached hydrogens (tertiary/aromatic N) is 1. The van der Waals surface area contributed by atoms with Crippen LogP contribution in [0, 0.1) is 12.3 Å². The van der Waals surface area contributed by atoms with Crippen LogP contribution in [0.5, 0.6) is 0 Å². The van der Waals surface area contributed by atoms with E-state index in [0.29, 0.717) is 5.84 Å². The molecule has 0 aliphatic carbocycles. The number of amidine groups is 1. The predicted octanol–water partition coefficient (Wildman–Crippen LogP) is 2.42. The Labute approximate surface area is 79.7 Å². The van der Waals surface area contributed by atoms with Crippen LogP contribution in [0.15, 0.2) is 24.3 Å². The van der Waals surface area contributed by atoms with Crippen LogP contribution < -0.4 is 0 Å². The van der Waals surface area contributed by atoms with E-state index in [0.717, 1.165) is 6.54 Å². The molecule has 70 valence electrons. The summed E-state index contributed by atoms with van der Waals surface area (Å²) in [5, 5.41) is 7.42. The number of hydrogen-bond acceptors (Lipinski definition) is 1. The van der Waals surface area contributed by atoms with Gasteiger partial charge in [-0.3, -0.25) is 5.41 Å². The van der Waals surface area contributed by atoms with Crippen LogP contribution in [0.3, 0.4) is 0 Å². The molecule has 0 heterocycles. The molecule has 0 spiro atoms. The Bertz CT molecular complexity index is 287. The minimum absolute atomic E-state index is 0.598. The van der Waals surface area contributed by atoms with Crippen molar-refractivity contribution in [1.82, 2.24) is 4.90 Å². The average Bonchev–Trinajstić information content (AvgIpc) is 2.08. The van der Waals surface area contributed by atoms with Crippen molar-refractivity contribution in [3.63, 3.8) is 0 Å². The van der Waals surface area contributed by atoms with E-state index in [1.165, 1.54) is 11.1 Å². The fourth-order valence-electron chi connectivity index (χ4n) is 1.09. The maximum atomic E-state index is 7.42. The van der Waals surface area contributed by atoms with Crippen LogP contribution in [0.2, 0.25) is 0 Å². The lowest BCUT2D eigenvalue weighted by Crippen LogP contribution is -2.22. The van der Waals surface area contributed by atoms with Gasteiger partial charge in [-0.1, -0.05) is 29.8 Å². The van der Waals surface area contributed by atoms with E-state index in [-0.39, 0.29) is 0 Å². The zero-order valence-electron chi connectivity index (χ0n) is 8.46. The zero-order valence-corrected chi connectivity index (χ0v) is 8.46. The van der Waals surface area contributed by atoms with Crippen LogP contribution in [-0.2, 0) is 6.54 Å². The molecule has 0 bridgehead atoms. The highest BCUT2D eigenvalue weighted by molar-refractivity contribution is 5.75. The molecular weight excluding hydrogens is 160 g/mol. The third-order valence-electron chi connectivity index (χ3n) is 2.11. The molecule has 0 amide bonds. The molecule has 1 aromatic carbocycles. The van der Waals surface area contributed by atoms with Crippen LogP contribution in [-0.4, -0.2) is 17.8 Å². The van der Waals surface area contributed by atoms with E-state index in [4.69, 9.17) is 5.41 Å². The van der Waals surface area contributed by atoms with Crippen LogP contribution >= 0.6 is 0 Å². The monoisotopic (exact) mass is 176 g/mol.